The van der Waals surface area contributed by atoms with Crippen LogP contribution in [0.5, 0.6) is 0 Å². The van der Waals surface area contributed by atoms with Crippen molar-refractivity contribution < 1.29 is 36.2 Å². The predicted molar refractivity (Wildman–Crippen MR) is 124 cm³/mol. The van der Waals surface area contributed by atoms with Crippen LogP contribution in [-0.2, 0) is 18.8 Å². The number of alkyl halides is 6. The minimum Gasteiger partial charge on any atom is -0.394 e. The second-order valence-electron chi connectivity index (χ2n) is 9.36. The molecule has 2 unspecified atom stereocenters. The molecule has 1 fully saturated rings. The summed E-state index contributed by atoms with van der Waals surface area (Å²) in [6, 6.07) is 7.72. The fraction of sp³-hybridized carbons (Fsp3) is 0.346. The molecule has 0 saturated carbocycles. The summed E-state index contributed by atoms with van der Waals surface area (Å²) in [5.74, 6) is -0.908. The quantitative estimate of drug-likeness (QED) is 0.461. The number of carbonyl (C=O) groups excluding carboxylic acids is 1. The van der Waals surface area contributed by atoms with Crippen LogP contribution >= 0.6 is 0 Å². The van der Waals surface area contributed by atoms with Crippen LogP contribution < -0.4 is 0 Å². The molecule has 5 nitrogen and oxygen atoms in total. The highest BCUT2D eigenvalue weighted by Crippen LogP contribution is 2.38. The highest BCUT2D eigenvalue weighted by molar-refractivity contribution is 5.95. The number of piperazine rings is 1. The lowest BCUT2D eigenvalue weighted by atomic mass is 9.98. The number of aliphatic hydroxyl groups is 1. The van der Waals surface area contributed by atoms with E-state index < -0.39 is 41.0 Å². The van der Waals surface area contributed by atoms with Gasteiger partial charge in [-0.1, -0.05) is 24.3 Å². The van der Waals surface area contributed by atoms with E-state index in [-0.39, 0.29) is 31.8 Å². The summed E-state index contributed by atoms with van der Waals surface area (Å²) in [5.41, 5.74) is -1.28. The first-order valence-electron chi connectivity index (χ1n) is 11.7. The number of carbonyl (C=O) groups is 1. The minimum atomic E-state index is -5.05. The number of hydrogen-bond acceptors (Lipinski definition) is 3. The maximum absolute atomic E-state index is 13.6. The maximum atomic E-state index is 13.6. The third-order valence-electron chi connectivity index (χ3n) is 7.05. The molecule has 1 amide bonds. The van der Waals surface area contributed by atoms with E-state index in [0.717, 1.165) is 16.5 Å². The Hall–Kier alpha value is -3.47. The molecule has 0 spiro atoms. The smallest absolute Gasteiger partial charge is 0.394 e. The number of halogens is 6. The van der Waals surface area contributed by atoms with Crippen LogP contribution in [0.15, 0.2) is 60.4 Å². The molecule has 3 heterocycles. The van der Waals surface area contributed by atoms with Gasteiger partial charge in [0.25, 0.3) is 5.91 Å². The Morgan fingerprint density at radius 2 is 1.68 bits per heavy atom. The van der Waals surface area contributed by atoms with Gasteiger partial charge in [0.2, 0.25) is 0 Å². The highest BCUT2D eigenvalue weighted by Gasteiger charge is 2.41. The Labute approximate surface area is 208 Å². The van der Waals surface area contributed by atoms with E-state index in [4.69, 9.17) is 0 Å². The molecule has 2 atom stereocenters. The van der Waals surface area contributed by atoms with Crippen LogP contribution in [0.25, 0.3) is 10.9 Å². The monoisotopic (exact) mass is 523 g/mol. The molecule has 196 valence electrons. The molecule has 2 N–H and O–H groups in total. The number of benzene rings is 2. The third kappa shape index (κ3) is 4.79. The Morgan fingerprint density at radius 3 is 2.32 bits per heavy atom. The van der Waals surface area contributed by atoms with Crippen LogP contribution in [0.3, 0.4) is 0 Å². The molecule has 0 radical (unpaired) electrons. The van der Waals surface area contributed by atoms with E-state index in [1.54, 1.807) is 6.20 Å². The van der Waals surface area contributed by atoms with Crippen molar-refractivity contribution in [2.45, 2.75) is 37.3 Å². The Bertz CT molecular complexity index is 1330. The lowest BCUT2D eigenvalue weighted by Gasteiger charge is -2.44. The molecule has 0 aliphatic carbocycles. The van der Waals surface area contributed by atoms with E-state index in [1.165, 1.54) is 4.90 Å². The van der Waals surface area contributed by atoms with Gasteiger partial charge in [-0.25, -0.2) is 0 Å². The first-order valence-corrected chi connectivity index (χ1v) is 11.7. The number of rotatable bonds is 4. The average molecular weight is 523 g/mol. The van der Waals surface area contributed by atoms with Crippen molar-refractivity contribution in [3.63, 3.8) is 0 Å². The Kier molecular flexibility index (Phi) is 6.21. The normalized spacial score (nSPS) is 20.4. The number of fused-ring (bicyclic) bond motifs is 2. The van der Waals surface area contributed by atoms with Gasteiger partial charge in [-0.2, -0.15) is 26.3 Å². The van der Waals surface area contributed by atoms with Gasteiger partial charge < -0.3 is 19.9 Å². The fourth-order valence-corrected chi connectivity index (χ4v) is 5.19. The van der Waals surface area contributed by atoms with E-state index in [1.807, 2.05) is 35.2 Å². The zero-order valence-corrected chi connectivity index (χ0v) is 19.4. The summed E-state index contributed by atoms with van der Waals surface area (Å²) in [4.78, 5) is 20.1. The number of H-pyrrole nitrogens is 1. The molecular weight excluding hydrogens is 500 g/mol. The summed E-state index contributed by atoms with van der Waals surface area (Å²) in [6.45, 7) is 0.184. The van der Waals surface area contributed by atoms with E-state index in [2.05, 4.69) is 4.98 Å². The summed E-state index contributed by atoms with van der Waals surface area (Å²) in [7, 11) is 0. The van der Waals surface area contributed by atoms with Crippen molar-refractivity contribution in [3.8, 4) is 0 Å². The Balaban J connectivity index is 1.54. The van der Waals surface area contributed by atoms with Gasteiger partial charge in [0, 0.05) is 34.9 Å². The molecule has 2 aliphatic heterocycles. The molecule has 1 saturated heterocycles. The molecule has 1 aromatic heterocycles. The van der Waals surface area contributed by atoms with Gasteiger partial charge in [0.1, 0.15) is 0 Å². The van der Waals surface area contributed by atoms with Crippen molar-refractivity contribution in [2.24, 2.45) is 0 Å². The van der Waals surface area contributed by atoms with Crippen LogP contribution in [0, 0.1) is 0 Å². The number of hydrogen-bond donors (Lipinski definition) is 2. The van der Waals surface area contributed by atoms with Crippen LogP contribution in [0.1, 0.15) is 33.5 Å². The molecule has 3 aromatic rings. The van der Waals surface area contributed by atoms with Crippen molar-refractivity contribution in [3.05, 3.63) is 82.7 Å². The van der Waals surface area contributed by atoms with Crippen molar-refractivity contribution in [2.75, 3.05) is 19.7 Å². The first-order chi connectivity index (χ1) is 17.5. The lowest BCUT2D eigenvalue weighted by molar-refractivity contribution is -0.143. The summed E-state index contributed by atoms with van der Waals surface area (Å²) in [6.07, 6.45) is -5.62. The van der Waals surface area contributed by atoms with E-state index in [0.29, 0.717) is 30.7 Å². The van der Waals surface area contributed by atoms with Gasteiger partial charge in [-0.05, 0) is 42.7 Å². The molecule has 0 bridgehead atoms. The van der Waals surface area contributed by atoms with Gasteiger partial charge >= 0.3 is 12.4 Å². The largest absolute Gasteiger partial charge is 0.416 e. The van der Waals surface area contributed by atoms with Crippen molar-refractivity contribution in [1.29, 1.82) is 0 Å². The molecule has 11 heteroatoms. The van der Waals surface area contributed by atoms with Gasteiger partial charge in [-0.3, -0.25) is 4.79 Å². The van der Waals surface area contributed by atoms with Gasteiger partial charge in [0.05, 0.1) is 36.4 Å². The SMILES string of the molecule is O=C(c1cc(C(F)(F)F)cc(C(F)(F)F)c1)N1CC2=CCC(CO)N2CC1Cc1c[nH]c2ccccc12. The lowest BCUT2D eigenvalue weighted by Crippen LogP contribution is -2.56. The fourth-order valence-electron chi connectivity index (χ4n) is 5.19. The number of nitrogens with one attached hydrogen (secondary N) is 1. The molecule has 37 heavy (non-hydrogen) atoms. The number of amides is 1. The standard InChI is InChI=1S/C26H23F6N3O2/c27-25(28,29)17-7-15(8-18(10-17)26(30,31)32)24(37)35-12-19-5-6-20(14-36)34(19)13-21(35)9-16-11-33-23-4-2-1-3-22(16)23/h1-5,7-8,10-11,20-21,33,36H,6,9,12-14H2. The summed E-state index contributed by atoms with van der Waals surface area (Å²) in [5, 5.41) is 10.7. The molecule has 5 rings (SSSR count). The second-order valence-corrected chi connectivity index (χ2v) is 9.36. The van der Waals surface area contributed by atoms with Gasteiger partial charge in [-0.15, -0.1) is 0 Å². The van der Waals surface area contributed by atoms with Gasteiger partial charge in [0.15, 0.2) is 0 Å². The predicted octanol–water partition coefficient (Wildman–Crippen LogP) is 5.22. The topological polar surface area (TPSA) is 59.6 Å². The maximum Gasteiger partial charge on any atom is 0.416 e. The first kappa shape index (κ1) is 25.2. The summed E-state index contributed by atoms with van der Waals surface area (Å²) < 4.78 is 80.7. The molecule has 2 aromatic carbocycles. The highest BCUT2D eigenvalue weighted by atomic mass is 19.4. The second kappa shape index (κ2) is 9.13. The Morgan fingerprint density at radius 1 is 1.00 bits per heavy atom. The number of nitrogens with zero attached hydrogens (tertiary/aromatic N) is 2. The molecule has 2 aliphatic rings. The molecular formula is C26H23F6N3O2. The number of aliphatic hydroxyl groups excluding tert-OH is 1. The minimum absolute atomic E-state index is 0.0138. The number of aromatic amines is 1. The van der Waals surface area contributed by atoms with Crippen LogP contribution in [0.4, 0.5) is 26.3 Å². The van der Waals surface area contributed by atoms with E-state index in [9.17, 15) is 36.2 Å². The summed E-state index contributed by atoms with van der Waals surface area (Å²) >= 11 is 0. The zero-order valence-electron chi connectivity index (χ0n) is 19.4. The number of para-hydroxylation sites is 1. The average Bonchev–Trinajstić information content (AvgIpc) is 3.45. The number of aromatic nitrogens is 1. The van der Waals surface area contributed by atoms with Crippen LogP contribution in [-0.4, -0.2) is 57.6 Å². The van der Waals surface area contributed by atoms with Crippen LogP contribution in [0.2, 0.25) is 0 Å². The van der Waals surface area contributed by atoms with Crippen molar-refractivity contribution >= 4 is 16.8 Å². The van der Waals surface area contributed by atoms with E-state index >= 15 is 0 Å². The third-order valence-corrected chi connectivity index (χ3v) is 7.05. The zero-order chi connectivity index (χ0) is 26.5. The van der Waals surface area contributed by atoms with Crippen molar-refractivity contribution in [1.82, 2.24) is 14.8 Å².